The van der Waals surface area contributed by atoms with Crippen molar-refractivity contribution in [2.75, 3.05) is 26.2 Å². The van der Waals surface area contributed by atoms with Gasteiger partial charge in [0.05, 0.1) is 16.8 Å². The van der Waals surface area contributed by atoms with E-state index in [0.717, 1.165) is 52.9 Å². The van der Waals surface area contributed by atoms with Crippen molar-refractivity contribution in [1.82, 2.24) is 20.1 Å². The fraction of sp³-hybridized carbons (Fsp3) is 0.556. The Morgan fingerprint density at radius 1 is 0.829 bits per heavy atom. The monoisotopic (exact) mass is 552 g/mol. The molecule has 1 amide bonds. The van der Waals surface area contributed by atoms with Gasteiger partial charge in [-0.15, -0.1) is 0 Å². The van der Waals surface area contributed by atoms with Crippen molar-refractivity contribution in [2.45, 2.75) is 96.2 Å². The molecule has 5 nitrogen and oxygen atoms in total. The van der Waals surface area contributed by atoms with Crippen molar-refractivity contribution in [3.8, 4) is 11.3 Å². The number of piperidine rings is 2. The molecule has 3 aliphatic rings. The largest absolute Gasteiger partial charge is 0.347 e. The first kappa shape index (κ1) is 28.4. The first-order valence-electron chi connectivity index (χ1n) is 16.3. The minimum atomic E-state index is -0.251. The summed E-state index contributed by atoms with van der Waals surface area (Å²) >= 11 is 0. The van der Waals surface area contributed by atoms with Crippen molar-refractivity contribution < 1.29 is 4.79 Å². The third kappa shape index (κ3) is 6.36. The number of benzene rings is 2. The van der Waals surface area contributed by atoms with Crippen LogP contribution >= 0.6 is 0 Å². The van der Waals surface area contributed by atoms with Gasteiger partial charge in [0.25, 0.3) is 5.91 Å². The molecular weight excluding hydrogens is 504 g/mol. The second kappa shape index (κ2) is 12.6. The van der Waals surface area contributed by atoms with Gasteiger partial charge in [-0.25, -0.2) is 4.98 Å². The molecule has 1 saturated carbocycles. The Labute approximate surface area is 246 Å². The Morgan fingerprint density at radius 2 is 1.49 bits per heavy atom. The topological polar surface area (TPSA) is 48.5 Å². The molecule has 1 aliphatic carbocycles. The quantitative estimate of drug-likeness (QED) is 0.331. The third-order valence-corrected chi connectivity index (χ3v) is 10.2. The maximum atomic E-state index is 14.5. The lowest BCUT2D eigenvalue weighted by Crippen LogP contribution is -2.50. The van der Waals surface area contributed by atoms with Crippen LogP contribution in [0.3, 0.4) is 0 Å². The number of fused-ring (bicyclic) bond motifs is 1. The van der Waals surface area contributed by atoms with Crippen LogP contribution in [0.25, 0.3) is 22.2 Å². The first-order chi connectivity index (χ1) is 20.0. The molecule has 1 N–H and O–H groups in total. The van der Waals surface area contributed by atoms with Gasteiger partial charge in [0.15, 0.2) is 0 Å². The highest BCUT2D eigenvalue weighted by Crippen LogP contribution is 2.35. The van der Waals surface area contributed by atoms with E-state index in [-0.39, 0.29) is 11.4 Å². The Kier molecular flexibility index (Phi) is 8.73. The van der Waals surface area contributed by atoms with Crippen molar-refractivity contribution in [2.24, 2.45) is 5.92 Å². The van der Waals surface area contributed by atoms with E-state index < -0.39 is 0 Å². The molecule has 0 unspecified atom stereocenters. The highest BCUT2D eigenvalue weighted by Gasteiger charge is 2.34. The van der Waals surface area contributed by atoms with Crippen LogP contribution in [0.1, 0.15) is 94.0 Å². The standard InChI is InChI=1S/C36H48N4O/c1-36(2,28-16-8-4-9-17-28)38-35(41)33-30-18-10-11-19-32(30)37-34(27-14-6-3-7-15-27)31(33)26-39-24-20-29(21-25-39)40-22-12-5-13-23-40/h3,6-7,10-11,14-15,18-19,28-29H,4-5,8-9,12-13,16-17,20-26H2,1-2H3,(H,38,41). The molecule has 218 valence electrons. The van der Waals surface area contributed by atoms with Crippen molar-refractivity contribution in [1.29, 1.82) is 0 Å². The predicted molar refractivity (Wildman–Crippen MR) is 169 cm³/mol. The highest BCUT2D eigenvalue weighted by atomic mass is 16.1. The summed E-state index contributed by atoms with van der Waals surface area (Å²) in [7, 11) is 0. The Hall–Kier alpha value is -2.76. The zero-order valence-corrected chi connectivity index (χ0v) is 25.2. The molecular formula is C36H48N4O. The average Bonchev–Trinajstić information content (AvgIpc) is 3.02. The van der Waals surface area contributed by atoms with E-state index in [4.69, 9.17) is 4.98 Å². The molecule has 2 aliphatic heterocycles. The van der Waals surface area contributed by atoms with Gasteiger partial charge >= 0.3 is 0 Å². The van der Waals surface area contributed by atoms with Crippen LogP contribution in [0.4, 0.5) is 0 Å². The summed E-state index contributed by atoms with van der Waals surface area (Å²) in [6.45, 7) is 9.87. The Bertz CT molecular complexity index is 1320. The fourth-order valence-corrected chi connectivity index (χ4v) is 7.73. The lowest BCUT2D eigenvalue weighted by Gasteiger charge is -2.40. The minimum absolute atomic E-state index is 0.0505. The minimum Gasteiger partial charge on any atom is -0.347 e. The molecule has 5 heteroatoms. The van der Waals surface area contributed by atoms with E-state index in [1.165, 1.54) is 77.3 Å². The van der Waals surface area contributed by atoms with E-state index >= 15 is 0 Å². The third-order valence-electron chi connectivity index (χ3n) is 10.2. The second-order valence-electron chi connectivity index (χ2n) is 13.3. The zero-order chi connectivity index (χ0) is 28.2. The second-order valence-corrected chi connectivity index (χ2v) is 13.3. The van der Waals surface area contributed by atoms with E-state index in [9.17, 15) is 4.79 Å². The molecule has 2 aromatic carbocycles. The van der Waals surface area contributed by atoms with Crippen molar-refractivity contribution >= 4 is 16.8 Å². The molecule has 41 heavy (non-hydrogen) atoms. The van der Waals surface area contributed by atoms with Crippen LogP contribution in [0, 0.1) is 5.92 Å². The lowest BCUT2D eigenvalue weighted by molar-refractivity contribution is 0.0844. The van der Waals surface area contributed by atoms with Gasteiger partial charge in [0.2, 0.25) is 0 Å². The van der Waals surface area contributed by atoms with Crippen molar-refractivity contribution in [3.63, 3.8) is 0 Å². The van der Waals surface area contributed by atoms with E-state index in [2.05, 4.69) is 71.4 Å². The molecule has 3 heterocycles. The zero-order valence-electron chi connectivity index (χ0n) is 25.2. The number of aromatic nitrogens is 1. The molecule has 0 atom stereocenters. The number of hydrogen-bond acceptors (Lipinski definition) is 4. The van der Waals surface area contributed by atoms with Gasteiger partial charge in [0, 0.05) is 34.6 Å². The first-order valence-corrected chi connectivity index (χ1v) is 16.3. The van der Waals surface area contributed by atoms with E-state index in [1.807, 2.05) is 12.1 Å². The van der Waals surface area contributed by atoms with Gasteiger partial charge < -0.3 is 10.2 Å². The van der Waals surface area contributed by atoms with Gasteiger partial charge in [-0.2, -0.15) is 0 Å². The molecule has 0 spiro atoms. The number of nitrogens with one attached hydrogen (secondary N) is 1. The van der Waals surface area contributed by atoms with Crippen LogP contribution in [0.2, 0.25) is 0 Å². The summed E-state index contributed by atoms with van der Waals surface area (Å²) in [6, 6.07) is 19.4. The van der Waals surface area contributed by atoms with Crippen LogP contribution in [-0.4, -0.2) is 58.5 Å². The maximum absolute atomic E-state index is 14.5. The summed E-state index contributed by atoms with van der Waals surface area (Å²) in [5, 5.41) is 4.51. The predicted octanol–water partition coefficient (Wildman–Crippen LogP) is 7.44. The molecule has 3 fully saturated rings. The number of para-hydroxylation sites is 1. The van der Waals surface area contributed by atoms with Crippen LogP contribution in [-0.2, 0) is 6.54 Å². The summed E-state index contributed by atoms with van der Waals surface area (Å²) < 4.78 is 0. The molecule has 2 saturated heterocycles. The number of rotatable bonds is 7. The van der Waals surface area contributed by atoms with Crippen LogP contribution in [0.15, 0.2) is 54.6 Å². The van der Waals surface area contributed by atoms with Gasteiger partial charge in [0.1, 0.15) is 0 Å². The van der Waals surface area contributed by atoms with Gasteiger partial charge in [-0.1, -0.05) is 74.2 Å². The summed E-state index contributed by atoms with van der Waals surface area (Å²) in [6.07, 6.45) is 12.7. The fourth-order valence-electron chi connectivity index (χ4n) is 7.73. The summed E-state index contributed by atoms with van der Waals surface area (Å²) in [5.74, 6) is 0.564. The Morgan fingerprint density at radius 3 is 2.22 bits per heavy atom. The number of carbonyl (C=O) groups is 1. The molecule has 0 radical (unpaired) electrons. The van der Waals surface area contributed by atoms with Crippen LogP contribution < -0.4 is 5.32 Å². The molecule has 3 aromatic rings. The molecule has 6 rings (SSSR count). The number of nitrogens with zero attached hydrogens (tertiary/aromatic N) is 3. The smallest absolute Gasteiger partial charge is 0.252 e. The van der Waals surface area contributed by atoms with Gasteiger partial charge in [-0.3, -0.25) is 9.69 Å². The summed E-state index contributed by atoms with van der Waals surface area (Å²) in [5.41, 5.74) is 4.55. The van der Waals surface area contributed by atoms with E-state index in [1.54, 1.807) is 0 Å². The molecule has 1 aromatic heterocycles. The Balaban J connectivity index is 1.35. The number of likely N-dealkylation sites (tertiary alicyclic amines) is 2. The molecule has 0 bridgehead atoms. The summed E-state index contributed by atoms with van der Waals surface area (Å²) in [4.78, 5) is 25.0. The van der Waals surface area contributed by atoms with Crippen molar-refractivity contribution in [3.05, 3.63) is 65.7 Å². The number of carbonyl (C=O) groups excluding carboxylic acids is 1. The average molecular weight is 553 g/mol. The number of pyridine rings is 1. The normalized spacial score (nSPS) is 20.3. The lowest BCUT2D eigenvalue weighted by atomic mass is 9.76. The number of hydrogen-bond donors (Lipinski definition) is 1. The van der Waals surface area contributed by atoms with E-state index in [0.29, 0.717) is 12.0 Å². The van der Waals surface area contributed by atoms with Crippen LogP contribution in [0.5, 0.6) is 0 Å². The number of amides is 1. The highest BCUT2D eigenvalue weighted by molar-refractivity contribution is 6.09. The maximum Gasteiger partial charge on any atom is 0.252 e. The van der Waals surface area contributed by atoms with Gasteiger partial charge in [-0.05, 0) is 90.5 Å². The SMILES string of the molecule is CC(C)(NC(=O)c1c(CN2CCC(N3CCCCC3)CC2)c(-c2ccccc2)nc2ccccc12)C1CCCCC1.